The number of nitrogens with zero attached hydrogens (tertiary/aromatic N) is 1. The highest BCUT2D eigenvalue weighted by Crippen LogP contribution is 2.34. The summed E-state index contributed by atoms with van der Waals surface area (Å²) >= 11 is 0. The Hall–Kier alpha value is -2.24. The number of benzene rings is 2. The molecule has 1 heterocycles. The van der Waals surface area contributed by atoms with Crippen molar-refractivity contribution in [3.8, 4) is 17.2 Å². The Balaban J connectivity index is 1.70. The normalized spacial score (nSPS) is 14.0. The summed E-state index contributed by atoms with van der Waals surface area (Å²) in [7, 11) is 1.66. The summed E-state index contributed by atoms with van der Waals surface area (Å²) < 4.78 is 10.7. The van der Waals surface area contributed by atoms with Crippen molar-refractivity contribution in [3.05, 3.63) is 52.6 Å². The van der Waals surface area contributed by atoms with Crippen molar-refractivity contribution in [1.82, 2.24) is 4.90 Å². The van der Waals surface area contributed by atoms with Gasteiger partial charge in [-0.25, -0.2) is 0 Å². The first-order valence-electron chi connectivity index (χ1n) is 8.98. The average Bonchev–Trinajstić information content (AvgIpc) is 2.99. The van der Waals surface area contributed by atoms with Crippen LogP contribution in [0.5, 0.6) is 17.2 Å². The van der Waals surface area contributed by atoms with Gasteiger partial charge < -0.3 is 19.7 Å². The van der Waals surface area contributed by atoms with Crippen LogP contribution in [0.2, 0.25) is 0 Å². The topological polar surface area (TPSA) is 62.2 Å². The summed E-state index contributed by atoms with van der Waals surface area (Å²) in [5, 5.41) is 20.2. The molecule has 0 spiro atoms. The monoisotopic (exact) mass is 357 g/mol. The van der Waals surface area contributed by atoms with Gasteiger partial charge in [0.15, 0.2) is 0 Å². The van der Waals surface area contributed by atoms with Crippen molar-refractivity contribution in [2.24, 2.45) is 0 Å². The van der Waals surface area contributed by atoms with Crippen molar-refractivity contribution in [2.75, 3.05) is 20.3 Å². The molecule has 0 aliphatic carbocycles. The predicted molar refractivity (Wildman–Crippen MR) is 101 cm³/mol. The largest absolute Gasteiger partial charge is 0.508 e. The second-order valence-electron chi connectivity index (χ2n) is 7.11. The van der Waals surface area contributed by atoms with Crippen LogP contribution in [0, 0.1) is 0 Å². The highest BCUT2D eigenvalue weighted by molar-refractivity contribution is 5.47. The van der Waals surface area contributed by atoms with E-state index in [9.17, 15) is 10.2 Å². The number of phenols is 2. The van der Waals surface area contributed by atoms with Crippen LogP contribution in [0.1, 0.15) is 42.0 Å². The molecule has 2 aromatic carbocycles. The SMILES string of the molecule is COCCOc1ccc2c(c1)CN(Cc1cc(C(C)C)c(O)cc1O)C2. The van der Waals surface area contributed by atoms with E-state index in [0.717, 1.165) is 30.0 Å². The summed E-state index contributed by atoms with van der Waals surface area (Å²) in [5.41, 5.74) is 4.24. The van der Waals surface area contributed by atoms with Gasteiger partial charge in [-0.15, -0.1) is 0 Å². The summed E-state index contributed by atoms with van der Waals surface area (Å²) in [6.07, 6.45) is 0. The maximum Gasteiger partial charge on any atom is 0.123 e. The van der Waals surface area contributed by atoms with Gasteiger partial charge in [-0.2, -0.15) is 0 Å². The molecule has 0 atom stereocenters. The molecule has 2 aromatic rings. The lowest BCUT2D eigenvalue weighted by molar-refractivity contribution is 0.146. The van der Waals surface area contributed by atoms with Gasteiger partial charge in [0.2, 0.25) is 0 Å². The molecule has 1 aliphatic heterocycles. The number of fused-ring (bicyclic) bond motifs is 1. The molecule has 3 rings (SSSR count). The molecule has 0 fully saturated rings. The Kier molecular flexibility index (Phi) is 5.69. The van der Waals surface area contributed by atoms with Crippen molar-refractivity contribution in [3.63, 3.8) is 0 Å². The number of phenolic OH excluding ortho intramolecular Hbond substituents is 2. The zero-order valence-electron chi connectivity index (χ0n) is 15.7. The highest BCUT2D eigenvalue weighted by Gasteiger charge is 2.21. The fourth-order valence-corrected chi connectivity index (χ4v) is 3.36. The quantitative estimate of drug-likeness (QED) is 0.739. The lowest BCUT2D eigenvalue weighted by atomic mass is 9.98. The molecule has 0 bridgehead atoms. The highest BCUT2D eigenvalue weighted by atomic mass is 16.5. The van der Waals surface area contributed by atoms with E-state index in [0.29, 0.717) is 19.8 Å². The van der Waals surface area contributed by atoms with Gasteiger partial charge in [0, 0.05) is 38.4 Å². The minimum atomic E-state index is 0.145. The maximum absolute atomic E-state index is 10.2. The molecule has 26 heavy (non-hydrogen) atoms. The van der Waals surface area contributed by atoms with Crippen molar-refractivity contribution in [1.29, 1.82) is 0 Å². The molecule has 0 saturated heterocycles. The van der Waals surface area contributed by atoms with E-state index in [2.05, 4.69) is 17.0 Å². The smallest absolute Gasteiger partial charge is 0.123 e. The van der Waals surface area contributed by atoms with E-state index >= 15 is 0 Å². The summed E-state index contributed by atoms with van der Waals surface area (Å²) in [6, 6.07) is 9.55. The average molecular weight is 357 g/mol. The van der Waals surface area contributed by atoms with Gasteiger partial charge >= 0.3 is 0 Å². The van der Waals surface area contributed by atoms with Crippen LogP contribution < -0.4 is 4.74 Å². The fraction of sp³-hybridized carbons (Fsp3) is 0.429. The van der Waals surface area contributed by atoms with Crippen LogP contribution in [0.25, 0.3) is 0 Å². The second-order valence-corrected chi connectivity index (χ2v) is 7.11. The predicted octanol–water partition coefficient (Wildman–Crippen LogP) is 3.76. The molecule has 5 nitrogen and oxygen atoms in total. The van der Waals surface area contributed by atoms with E-state index < -0.39 is 0 Å². The van der Waals surface area contributed by atoms with Gasteiger partial charge in [-0.05, 0) is 40.8 Å². The number of hydrogen-bond donors (Lipinski definition) is 2. The van der Waals surface area contributed by atoms with Crippen LogP contribution in [0.15, 0.2) is 30.3 Å². The third kappa shape index (κ3) is 4.11. The van der Waals surface area contributed by atoms with E-state index in [1.165, 1.54) is 17.2 Å². The van der Waals surface area contributed by atoms with Crippen molar-refractivity contribution < 1.29 is 19.7 Å². The molecule has 0 unspecified atom stereocenters. The van der Waals surface area contributed by atoms with Gasteiger partial charge in [0.25, 0.3) is 0 Å². The zero-order chi connectivity index (χ0) is 18.7. The number of methoxy groups -OCH3 is 1. The maximum atomic E-state index is 10.2. The Morgan fingerprint density at radius 3 is 2.50 bits per heavy atom. The van der Waals surface area contributed by atoms with Crippen molar-refractivity contribution >= 4 is 0 Å². The van der Waals surface area contributed by atoms with E-state index in [-0.39, 0.29) is 17.4 Å². The Morgan fingerprint density at radius 1 is 1.00 bits per heavy atom. The number of ether oxygens (including phenoxy) is 2. The minimum absolute atomic E-state index is 0.145. The summed E-state index contributed by atoms with van der Waals surface area (Å²) in [4.78, 5) is 2.28. The Bertz CT molecular complexity index is 773. The molecule has 0 aromatic heterocycles. The zero-order valence-corrected chi connectivity index (χ0v) is 15.7. The lowest BCUT2D eigenvalue weighted by Gasteiger charge is -2.18. The van der Waals surface area contributed by atoms with Gasteiger partial charge in [0.05, 0.1) is 6.61 Å². The molecule has 0 amide bonds. The summed E-state index contributed by atoms with van der Waals surface area (Å²) in [6.45, 7) is 7.47. The van der Waals surface area contributed by atoms with Crippen LogP contribution in [-0.2, 0) is 24.4 Å². The third-order valence-corrected chi connectivity index (χ3v) is 4.77. The summed E-state index contributed by atoms with van der Waals surface area (Å²) in [5.74, 6) is 1.37. The Morgan fingerprint density at radius 2 is 1.77 bits per heavy atom. The van der Waals surface area contributed by atoms with Gasteiger partial charge in [-0.3, -0.25) is 4.90 Å². The van der Waals surface area contributed by atoms with Crippen molar-refractivity contribution in [2.45, 2.75) is 39.4 Å². The molecule has 2 N–H and O–H groups in total. The first-order valence-corrected chi connectivity index (χ1v) is 8.98. The van der Waals surface area contributed by atoms with Crippen LogP contribution >= 0.6 is 0 Å². The molecular formula is C21H27NO4. The third-order valence-electron chi connectivity index (χ3n) is 4.77. The number of hydrogen-bond acceptors (Lipinski definition) is 5. The van der Waals surface area contributed by atoms with Crippen LogP contribution in [-0.4, -0.2) is 35.4 Å². The first-order chi connectivity index (χ1) is 12.5. The Labute approximate surface area is 154 Å². The molecule has 140 valence electrons. The lowest BCUT2D eigenvalue weighted by Crippen LogP contribution is -2.16. The molecule has 0 saturated carbocycles. The second kappa shape index (κ2) is 7.98. The van der Waals surface area contributed by atoms with E-state index in [1.807, 2.05) is 26.0 Å². The van der Waals surface area contributed by atoms with Gasteiger partial charge in [-0.1, -0.05) is 19.9 Å². The number of aromatic hydroxyl groups is 2. The van der Waals surface area contributed by atoms with Crippen LogP contribution in [0.4, 0.5) is 0 Å². The van der Waals surface area contributed by atoms with Gasteiger partial charge in [0.1, 0.15) is 23.9 Å². The first kappa shape index (κ1) is 18.5. The van der Waals surface area contributed by atoms with E-state index in [4.69, 9.17) is 9.47 Å². The standard InChI is InChI=1S/C21H27NO4/c1-14(2)19-9-17(20(23)10-21(19)24)13-22-11-15-4-5-18(8-16(15)12-22)26-7-6-25-3/h4-5,8-10,14,23-24H,6-7,11-13H2,1-3H3. The fourth-order valence-electron chi connectivity index (χ4n) is 3.36. The molecule has 1 aliphatic rings. The van der Waals surface area contributed by atoms with Crippen LogP contribution in [0.3, 0.4) is 0 Å². The van der Waals surface area contributed by atoms with E-state index in [1.54, 1.807) is 7.11 Å². The molecular weight excluding hydrogens is 330 g/mol. The molecule has 5 heteroatoms. The number of rotatable bonds is 7. The molecule has 0 radical (unpaired) electrons. The minimum Gasteiger partial charge on any atom is -0.508 e.